The van der Waals surface area contributed by atoms with Gasteiger partial charge in [-0.1, -0.05) is 12.1 Å². The van der Waals surface area contributed by atoms with Crippen LogP contribution in [0.2, 0.25) is 0 Å². The van der Waals surface area contributed by atoms with Crippen LogP contribution in [0.1, 0.15) is 36.0 Å². The Labute approximate surface area is 192 Å². The van der Waals surface area contributed by atoms with E-state index >= 15 is 0 Å². The molecule has 1 heterocycles. The first-order chi connectivity index (χ1) is 15.5. The Morgan fingerprint density at radius 3 is 2.36 bits per heavy atom. The zero-order valence-electron chi connectivity index (χ0n) is 19.3. The van der Waals surface area contributed by atoms with Crippen LogP contribution >= 0.6 is 0 Å². The normalized spacial score (nSPS) is 18.8. The van der Waals surface area contributed by atoms with Gasteiger partial charge in [0.05, 0.1) is 18.6 Å². The second kappa shape index (κ2) is 9.95. The number of amides is 1. The van der Waals surface area contributed by atoms with E-state index in [2.05, 4.69) is 0 Å². The van der Waals surface area contributed by atoms with E-state index in [1.807, 2.05) is 31.1 Å². The Balaban J connectivity index is 2.15. The second-order valence-electron chi connectivity index (χ2n) is 8.73. The maximum atomic E-state index is 13.8. The second-order valence-corrected chi connectivity index (χ2v) is 8.73. The van der Waals surface area contributed by atoms with Gasteiger partial charge in [-0.25, -0.2) is 0 Å². The summed E-state index contributed by atoms with van der Waals surface area (Å²) in [4.78, 5) is 29.3. The lowest BCUT2D eigenvalue weighted by atomic mass is 9.79. The third-order valence-corrected chi connectivity index (χ3v) is 6.03. The van der Waals surface area contributed by atoms with Gasteiger partial charge in [0.25, 0.3) is 0 Å². The number of anilines is 1. The van der Waals surface area contributed by atoms with Gasteiger partial charge in [-0.05, 0) is 68.9 Å². The minimum absolute atomic E-state index is 0.0219. The van der Waals surface area contributed by atoms with Crippen LogP contribution in [0.4, 0.5) is 18.9 Å². The fourth-order valence-corrected chi connectivity index (χ4v) is 4.33. The molecule has 0 saturated heterocycles. The predicted molar refractivity (Wildman–Crippen MR) is 121 cm³/mol. The number of nitrogens with zero attached hydrogens (tertiary/aromatic N) is 2. The number of alkyl halides is 3. The molecular weight excluding hydrogens is 433 g/mol. The Morgan fingerprint density at radius 1 is 1.15 bits per heavy atom. The summed E-state index contributed by atoms with van der Waals surface area (Å²) >= 11 is 0. The molecule has 0 N–H and O–H groups in total. The molecule has 0 saturated carbocycles. The van der Waals surface area contributed by atoms with Gasteiger partial charge in [0.1, 0.15) is 11.5 Å². The number of carbonyl (C=O) groups is 2. The van der Waals surface area contributed by atoms with Crippen LogP contribution < -0.4 is 9.64 Å². The molecule has 1 amide bonds. The van der Waals surface area contributed by atoms with E-state index in [-0.39, 0.29) is 24.5 Å². The van der Waals surface area contributed by atoms with Crippen molar-refractivity contribution in [3.8, 4) is 5.75 Å². The van der Waals surface area contributed by atoms with Crippen molar-refractivity contribution in [2.75, 3.05) is 39.2 Å². The molecular formula is C25H29F3N2O3. The van der Waals surface area contributed by atoms with Crippen LogP contribution in [-0.2, 0) is 22.2 Å². The van der Waals surface area contributed by atoms with Crippen LogP contribution in [0.25, 0.3) is 0 Å². The van der Waals surface area contributed by atoms with Crippen LogP contribution in [0.15, 0.2) is 42.5 Å². The molecule has 0 fully saturated rings. The number of likely N-dealkylation sites (N-methyl/N-ethyl adjacent to an activating group) is 1. The summed E-state index contributed by atoms with van der Waals surface area (Å²) in [7, 11) is 5.27. The molecule has 8 heteroatoms. The van der Waals surface area contributed by atoms with E-state index in [4.69, 9.17) is 4.74 Å². The molecule has 0 aromatic heterocycles. The van der Waals surface area contributed by atoms with Crippen molar-refractivity contribution in [3.05, 3.63) is 59.2 Å². The molecule has 2 aromatic carbocycles. The topological polar surface area (TPSA) is 49.9 Å². The number of carbonyl (C=O) groups excluding carboxylic acids is 2. The zero-order chi connectivity index (χ0) is 24.3. The largest absolute Gasteiger partial charge is 0.497 e. The molecule has 0 aliphatic carbocycles. The summed E-state index contributed by atoms with van der Waals surface area (Å²) in [5.41, 5.74) is 0.955. The third kappa shape index (κ3) is 5.74. The smallest absolute Gasteiger partial charge is 0.416 e. The minimum atomic E-state index is -4.49. The van der Waals surface area contributed by atoms with Crippen molar-refractivity contribution in [3.63, 3.8) is 0 Å². The molecule has 0 radical (unpaired) electrons. The fourth-order valence-electron chi connectivity index (χ4n) is 4.33. The van der Waals surface area contributed by atoms with E-state index in [0.717, 1.165) is 17.7 Å². The van der Waals surface area contributed by atoms with Gasteiger partial charge in [0, 0.05) is 31.1 Å². The number of methoxy groups -OCH3 is 1. The average molecular weight is 463 g/mol. The van der Waals surface area contributed by atoms with Gasteiger partial charge in [-0.2, -0.15) is 13.2 Å². The Bertz CT molecular complexity index is 1000. The van der Waals surface area contributed by atoms with Crippen LogP contribution in [0.5, 0.6) is 5.75 Å². The third-order valence-electron chi connectivity index (χ3n) is 6.03. The lowest BCUT2D eigenvalue weighted by molar-refractivity contribution is -0.137. The maximum absolute atomic E-state index is 13.8. The summed E-state index contributed by atoms with van der Waals surface area (Å²) in [5, 5.41) is 0. The minimum Gasteiger partial charge on any atom is -0.497 e. The molecule has 0 unspecified atom stereocenters. The number of Topliss-reactive ketones (excluding diaryl/α,β-unsaturated/α-hetero) is 1. The van der Waals surface area contributed by atoms with Gasteiger partial charge < -0.3 is 19.3 Å². The monoisotopic (exact) mass is 462 g/mol. The number of hydrogen-bond acceptors (Lipinski definition) is 4. The van der Waals surface area contributed by atoms with Crippen molar-refractivity contribution < 1.29 is 27.5 Å². The molecule has 1 aliphatic rings. The molecule has 0 bridgehead atoms. The summed E-state index contributed by atoms with van der Waals surface area (Å²) in [6.07, 6.45) is -4.25. The summed E-state index contributed by atoms with van der Waals surface area (Å²) in [5.74, 6) is -0.874. The number of rotatable bonds is 7. The summed E-state index contributed by atoms with van der Waals surface area (Å²) < 4.78 is 45.7. The highest BCUT2D eigenvalue weighted by Crippen LogP contribution is 2.42. The number of benzene rings is 2. The number of ether oxygens (including phenoxy) is 1. The molecule has 2 atom stereocenters. The quantitative estimate of drug-likeness (QED) is 0.606. The summed E-state index contributed by atoms with van der Waals surface area (Å²) in [6, 6.07) is 10.7. The van der Waals surface area contributed by atoms with E-state index in [9.17, 15) is 22.8 Å². The van der Waals surface area contributed by atoms with Gasteiger partial charge in [-0.3, -0.25) is 4.79 Å². The number of fused-ring (bicyclic) bond motifs is 1. The highest BCUT2D eigenvalue weighted by Gasteiger charge is 2.40. The van der Waals surface area contributed by atoms with E-state index < -0.39 is 23.6 Å². The van der Waals surface area contributed by atoms with Crippen molar-refractivity contribution in [1.29, 1.82) is 0 Å². The first-order valence-corrected chi connectivity index (χ1v) is 10.8. The van der Waals surface area contributed by atoms with Gasteiger partial charge in [-0.15, -0.1) is 0 Å². The Hall–Kier alpha value is -2.87. The van der Waals surface area contributed by atoms with E-state index in [1.54, 1.807) is 24.1 Å². The van der Waals surface area contributed by atoms with Crippen LogP contribution in [0.3, 0.4) is 0 Å². The Morgan fingerprint density at radius 2 is 1.82 bits per heavy atom. The SMILES string of the molecule is COc1ccc([C@@H]2Cc3cc(C(F)(F)F)ccc3N(CCN(C)C)C(=O)[C@@H]2CC(C)=O)cc1. The predicted octanol–water partition coefficient (Wildman–Crippen LogP) is 4.54. The first kappa shape index (κ1) is 24.8. The standard InChI is InChI=1S/C25H29F3N2O3/c1-16(31)13-22-21(17-5-8-20(33-4)9-6-17)15-18-14-19(25(26,27)28)7-10-23(18)30(24(22)32)12-11-29(2)3/h5-10,14,21-22H,11-13,15H2,1-4H3/t21-,22+/m0/s1. The van der Waals surface area contributed by atoms with Crippen LogP contribution in [0, 0.1) is 5.92 Å². The molecule has 33 heavy (non-hydrogen) atoms. The van der Waals surface area contributed by atoms with Crippen molar-refractivity contribution in [2.45, 2.75) is 31.9 Å². The number of hydrogen-bond donors (Lipinski definition) is 0. The zero-order valence-corrected chi connectivity index (χ0v) is 19.3. The number of ketones is 1. The Kier molecular flexibility index (Phi) is 7.47. The summed E-state index contributed by atoms with van der Waals surface area (Å²) in [6.45, 7) is 2.28. The lowest BCUT2D eigenvalue weighted by Gasteiger charge is -2.29. The maximum Gasteiger partial charge on any atom is 0.416 e. The highest BCUT2D eigenvalue weighted by atomic mass is 19.4. The molecule has 0 spiro atoms. The molecule has 1 aliphatic heterocycles. The number of halogens is 3. The average Bonchev–Trinajstić information content (AvgIpc) is 2.86. The molecule has 178 valence electrons. The first-order valence-electron chi connectivity index (χ1n) is 10.8. The lowest BCUT2D eigenvalue weighted by Crippen LogP contribution is -2.41. The molecule has 2 aromatic rings. The van der Waals surface area contributed by atoms with Crippen LogP contribution in [-0.4, -0.2) is 50.9 Å². The van der Waals surface area contributed by atoms with E-state index in [0.29, 0.717) is 30.1 Å². The fraction of sp³-hybridized carbons (Fsp3) is 0.440. The molecule has 5 nitrogen and oxygen atoms in total. The molecule has 3 rings (SSSR count). The highest BCUT2D eigenvalue weighted by molar-refractivity contribution is 5.99. The van der Waals surface area contributed by atoms with Crippen molar-refractivity contribution in [2.24, 2.45) is 5.92 Å². The van der Waals surface area contributed by atoms with Gasteiger partial charge in [0.2, 0.25) is 5.91 Å². The van der Waals surface area contributed by atoms with Gasteiger partial charge in [0.15, 0.2) is 0 Å². The van der Waals surface area contributed by atoms with Crippen molar-refractivity contribution in [1.82, 2.24) is 4.90 Å². The van der Waals surface area contributed by atoms with Crippen molar-refractivity contribution >= 4 is 17.4 Å². The van der Waals surface area contributed by atoms with E-state index in [1.165, 1.54) is 13.0 Å². The van der Waals surface area contributed by atoms with Gasteiger partial charge >= 0.3 is 6.18 Å².